The second-order valence-electron chi connectivity index (χ2n) is 12.0. The van der Waals surface area contributed by atoms with Crippen molar-refractivity contribution in [2.24, 2.45) is 23.7 Å². The fourth-order valence-corrected chi connectivity index (χ4v) is 5.96. The second kappa shape index (κ2) is 38.1. The first-order chi connectivity index (χ1) is 19.2. The van der Waals surface area contributed by atoms with Crippen molar-refractivity contribution in [3.05, 3.63) is 0 Å². The molecule has 0 rings (SSSR count). The van der Waals surface area contributed by atoms with Crippen molar-refractivity contribution in [2.75, 3.05) is 26.2 Å². The summed E-state index contributed by atoms with van der Waals surface area (Å²) in [5.74, 6) is 3.00. The van der Waals surface area contributed by atoms with Gasteiger partial charge in [-0.25, -0.2) is 0 Å². The van der Waals surface area contributed by atoms with Crippen LogP contribution in [0.25, 0.3) is 0 Å². The van der Waals surface area contributed by atoms with E-state index in [0.29, 0.717) is 8.64 Å². The predicted octanol–water partition coefficient (Wildman–Crippen LogP) is 11.1. The Labute approximate surface area is 321 Å². The third-order valence-corrected chi connectivity index (χ3v) is 9.64. The van der Waals surface area contributed by atoms with Crippen molar-refractivity contribution in [3.63, 3.8) is 0 Å². The van der Waals surface area contributed by atoms with Crippen LogP contribution in [-0.4, -0.2) is 44.6 Å². The van der Waals surface area contributed by atoms with Gasteiger partial charge in [0.2, 0.25) is 0 Å². The molecule has 0 heterocycles. The van der Waals surface area contributed by atoms with E-state index in [1.807, 2.05) is 0 Å². The first kappa shape index (κ1) is 54.1. The van der Waals surface area contributed by atoms with Crippen LogP contribution in [0.3, 0.4) is 0 Å². The van der Waals surface area contributed by atoms with Gasteiger partial charge in [-0.1, -0.05) is 141 Å². The molecule has 0 aromatic rings. The smallest absolute Gasteiger partial charge is 2.00 e. The van der Waals surface area contributed by atoms with Gasteiger partial charge in [0.15, 0.2) is 0 Å². The van der Waals surface area contributed by atoms with E-state index in [2.05, 4.69) is 65.2 Å². The van der Waals surface area contributed by atoms with Crippen molar-refractivity contribution in [3.8, 4) is 0 Å². The van der Waals surface area contributed by atoms with Crippen molar-refractivity contribution in [1.82, 2.24) is 9.80 Å². The zero-order valence-electron chi connectivity index (χ0n) is 29.2. The number of nitrogens with zero attached hydrogens (tertiary/aromatic N) is 2. The van der Waals surface area contributed by atoms with Crippen LogP contribution in [0.2, 0.25) is 0 Å². The molecule has 0 N–H and O–H groups in total. The number of hydrogen-bond donors (Lipinski definition) is 0. The van der Waals surface area contributed by atoms with E-state index < -0.39 is 0 Å². The van der Waals surface area contributed by atoms with Gasteiger partial charge in [0.05, 0.1) is 0 Å². The SMILES string of the molecule is CCCCC(CC)CN(CC(CC)CCCC)C(=S)[S-].CCCCC(CC)CN(CC(CC)CCCC)C(=S)[S-].[Mo+6].[S-2].[S-2]. The predicted molar refractivity (Wildman–Crippen MR) is 211 cm³/mol. The molecule has 0 bridgehead atoms. The summed E-state index contributed by atoms with van der Waals surface area (Å²) in [5.41, 5.74) is 0. The van der Waals surface area contributed by atoms with Gasteiger partial charge in [-0.15, -0.1) is 0 Å². The standard InChI is InChI=1S/2C17H35NS2.Mo.2S/c2*1-5-9-11-15(7-3)13-18(17(19)20)14-16(8-4)12-10-6-2;;;/h2*15-16H,5-14H2,1-4H3,(H,19,20);;;/q;;+6;2*-2/p-2. The molecule has 0 aliphatic carbocycles. The van der Waals surface area contributed by atoms with Crippen LogP contribution in [0.4, 0.5) is 0 Å². The maximum absolute atomic E-state index is 5.32. The van der Waals surface area contributed by atoms with Crippen LogP contribution >= 0.6 is 24.4 Å². The molecule has 0 radical (unpaired) electrons. The molecule has 0 saturated carbocycles. The molecule has 4 atom stereocenters. The molecule has 0 aliphatic rings. The van der Waals surface area contributed by atoms with Crippen molar-refractivity contribution in [1.29, 1.82) is 0 Å². The van der Waals surface area contributed by atoms with Gasteiger partial charge in [-0.3, -0.25) is 0 Å². The van der Waals surface area contributed by atoms with Crippen molar-refractivity contribution in [2.45, 2.75) is 158 Å². The maximum atomic E-state index is 5.32. The summed E-state index contributed by atoms with van der Waals surface area (Å²) in [7, 11) is 0. The largest absolute Gasteiger partial charge is 6.00 e. The summed E-state index contributed by atoms with van der Waals surface area (Å²) < 4.78 is 1.35. The summed E-state index contributed by atoms with van der Waals surface area (Å²) >= 11 is 21.3. The fraction of sp³-hybridized carbons (Fsp3) is 0.941. The monoisotopic (exact) mass is 794 g/mol. The second-order valence-corrected chi connectivity index (χ2v) is 14.1. The number of hydrogen-bond acceptors (Lipinski definition) is 4. The van der Waals surface area contributed by atoms with Gasteiger partial charge in [0.25, 0.3) is 0 Å². The third-order valence-electron chi connectivity index (χ3n) is 8.60. The molecule has 0 fully saturated rings. The fourth-order valence-electron chi connectivity index (χ4n) is 5.36. The Kier molecular flexibility index (Phi) is 47.9. The minimum Gasteiger partial charge on any atom is -2.00 e. The van der Waals surface area contributed by atoms with Gasteiger partial charge in [-0.2, -0.15) is 0 Å². The molecule has 0 aliphatic heterocycles. The van der Waals surface area contributed by atoms with E-state index >= 15 is 0 Å². The summed E-state index contributed by atoms with van der Waals surface area (Å²) in [4.78, 5) is 4.61. The van der Waals surface area contributed by atoms with E-state index in [-0.39, 0.29) is 48.1 Å². The Balaban J connectivity index is -0.000000209. The third kappa shape index (κ3) is 30.7. The molecule has 0 aromatic carbocycles. The molecule has 0 saturated heterocycles. The van der Waals surface area contributed by atoms with Gasteiger partial charge in [0, 0.05) is 26.2 Å². The topological polar surface area (TPSA) is 6.48 Å². The van der Waals surface area contributed by atoms with Gasteiger partial charge in [-0.05, 0) is 49.4 Å². The molecule has 0 spiro atoms. The van der Waals surface area contributed by atoms with Crippen LogP contribution in [0.1, 0.15) is 158 Å². The summed E-state index contributed by atoms with van der Waals surface area (Å²) in [5, 5.41) is 0. The van der Waals surface area contributed by atoms with Crippen LogP contribution in [0.5, 0.6) is 0 Å². The first-order valence-electron chi connectivity index (χ1n) is 17.1. The number of unbranched alkanes of at least 4 members (excludes halogenated alkanes) is 4. The van der Waals surface area contributed by atoms with Gasteiger partial charge in [0.1, 0.15) is 0 Å². The Hall–Kier alpha value is 1.61. The maximum Gasteiger partial charge on any atom is 6.00 e. The Bertz CT molecular complexity index is 513. The Morgan fingerprint density at radius 3 is 0.767 bits per heavy atom. The van der Waals surface area contributed by atoms with Crippen LogP contribution in [0, 0.1) is 23.7 Å². The molecular formula is C34H68MoN2S6. The van der Waals surface area contributed by atoms with Gasteiger partial charge < -0.3 is 86.5 Å². The minimum absolute atomic E-state index is 0. The summed E-state index contributed by atoms with van der Waals surface area (Å²) in [6, 6.07) is 0. The molecular weight excluding hydrogens is 725 g/mol. The first-order valence-corrected chi connectivity index (χ1v) is 18.7. The van der Waals surface area contributed by atoms with Crippen LogP contribution in [-0.2, 0) is 73.3 Å². The average molecular weight is 793 g/mol. The van der Waals surface area contributed by atoms with Crippen LogP contribution < -0.4 is 0 Å². The van der Waals surface area contributed by atoms with Crippen LogP contribution in [0.15, 0.2) is 0 Å². The van der Waals surface area contributed by atoms with Crippen molar-refractivity contribution >= 4 is 85.3 Å². The van der Waals surface area contributed by atoms with E-state index in [1.165, 1.54) is 103 Å². The molecule has 0 amide bonds. The normalized spacial score (nSPS) is 13.0. The summed E-state index contributed by atoms with van der Waals surface area (Å²) in [6.45, 7) is 22.5. The number of rotatable bonds is 24. The minimum atomic E-state index is 0. The molecule has 0 aromatic heterocycles. The van der Waals surface area contributed by atoms with E-state index in [1.54, 1.807) is 0 Å². The molecule has 2 nitrogen and oxygen atoms in total. The molecule has 43 heavy (non-hydrogen) atoms. The van der Waals surface area contributed by atoms with E-state index in [4.69, 9.17) is 49.7 Å². The summed E-state index contributed by atoms with van der Waals surface area (Å²) in [6.07, 6.45) is 20.6. The number of thiocarbonyl (C=S) groups is 2. The van der Waals surface area contributed by atoms with E-state index in [9.17, 15) is 0 Å². The zero-order valence-corrected chi connectivity index (χ0v) is 36.1. The Morgan fingerprint density at radius 1 is 0.465 bits per heavy atom. The average Bonchev–Trinajstić information content (AvgIpc) is 2.95. The molecule has 256 valence electrons. The quantitative estimate of drug-likeness (QED) is 0.0542. The van der Waals surface area contributed by atoms with Gasteiger partial charge >= 0.3 is 21.1 Å². The molecule has 4 unspecified atom stereocenters. The molecule has 9 heteroatoms. The Morgan fingerprint density at radius 2 is 0.651 bits per heavy atom. The van der Waals surface area contributed by atoms with Crippen molar-refractivity contribution < 1.29 is 21.1 Å². The van der Waals surface area contributed by atoms with E-state index in [0.717, 1.165) is 49.9 Å². The zero-order chi connectivity index (χ0) is 30.8.